The Morgan fingerprint density at radius 2 is 1.65 bits per heavy atom. The monoisotopic (exact) mass is 643 g/mol. The van der Waals surface area contributed by atoms with Gasteiger partial charge >= 0.3 is 6.03 Å². The lowest BCUT2D eigenvalue weighted by Gasteiger charge is -2.29. The van der Waals surface area contributed by atoms with Gasteiger partial charge < -0.3 is 20.3 Å². The first-order valence-electron chi connectivity index (χ1n) is 15.7. The number of nitrogens with zero attached hydrogens (tertiary/aromatic N) is 3. The third-order valence-corrected chi connectivity index (χ3v) is 9.40. The van der Waals surface area contributed by atoms with E-state index in [0.29, 0.717) is 54.2 Å². The molecule has 46 heavy (non-hydrogen) atoms. The molecule has 9 nitrogen and oxygen atoms in total. The number of anilines is 2. The smallest absolute Gasteiger partial charge is 0.321 e. The lowest BCUT2D eigenvalue weighted by atomic mass is 9.84. The number of amides is 4. The van der Waals surface area contributed by atoms with Crippen molar-refractivity contribution in [1.82, 2.24) is 10.2 Å². The van der Waals surface area contributed by atoms with Crippen LogP contribution in [0.3, 0.4) is 0 Å². The van der Waals surface area contributed by atoms with Crippen LogP contribution in [-0.2, 0) is 9.59 Å². The van der Waals surface area contributed by atoms with Crippen molar-refractivity contribution >= 4 is 46.7 Å². The van der Waals surface area contributed by atoms with Crippen molar-refractivity contribution in [3.8, 4) is 5.75 Å². The molecule has 3 heterocycles. The van der Waals surface area contributed by atoms with Crippen molar-refractivity contribution in [3.05, 3.63) is 89.7 Å². The summed E-state index contributed by atoms with van der Waals surface area (Å²) in [4.78, 5) is 49.4. The molecule has 240 valence electrons. The molecule has 3 aliphatic heterocycles. The van der Waals surface area contributed by atoms with Crippen LogP contribution in [0.2, 0.25) is 0 Å². The van der Waals surface area contributed by atoms with Crippen LogP contribution in [0.1, 0.15) is 36.8 Å². The van der Waals surface area contributed by atoms with Crippen molar-refractivity contribution in [3.63, 3.8) is 0 Å². The number of halogens is 1. The van der Waals surface area contributed by atoms with Crippen molar-refractivity contribution in [1.29, 1.82) is 0 Å². The number of benzene rings is 3. The Morgan fingerprint density at radius 1 is 0.957 bits per heavy atom. The van der Waals surface area contributed by atoms with Crippen LogP contribution < -0.4 is 20.3 Å². The average Bonchev–Trinajstić information content (AvgIpc) is 3.44. The van der Waals surface area contributed by atoms with Crippen molar-refractivity contribution in [2.24, 2.45) is 16.8 Å². The Hall–Kier alpha value is -4.38. The van der Waals surface area contributed by atoms with E-state index >= 15 is 4.39 Å². The average molecular weight is 644 g/mol. The molecule has 2 bridgehead atoms. The summed E-state index contributed by atoms with van der Waals surface area (Å²) < 4.78 is 21.0. The largest absolute Gasteiger partial charge is 0.493 e. The standard InChI is InChI=1S/C35H38FN5O4S/c1-46-18-17-45-26-8-6-7-25(19-26)37-35(44)39-33-34(43)41(22-31(42)40-20-23-13-14-24(21-40)16-15-23)30-12-5-3-10-28(30)32(38-33)27-9-2-4-11-29(27)36/h2-12,19,23-24,33H,13-18,20-22H2,1H3,(H2,37,39,44)/t23?,24?,33-/m0/s1. The number of hydrogen-bond donors (Lipinski definition) is 2. The number of rotatable bonds is 9. The van der Waals surface area contributed by atoms with E-state index in [1.54, 1.807) is 78.5 Å². The van der Waals surface area contributed by atoms with Gasteiger partial charge in [0.25, 0.3) is 5.91 Å². The Morgan fingerprint density at radius 3 is 2.37 bits per heavy atom. The molecule has 0 unspecified atom stereocenters. The zero-order chi connectivity index (χ0) is 32.0. The Bertz CT molecular complexity index is 1610. The number of nitrogens with one attached hydrogen (secondary N) is 2. The van der Waals surface area contributed by atoms with E-state index < -0.39 is 23.9 Å². The Labute approximate surface area is 272 Å². The second kappa shape index (κ2) is 14.4. The van der Waals surface area contributed by atoms with Crippen LogP contribution >= 0.6 is 11.8 Å². The van der Waals surface area contributed by atoms with E-state index in [9.17, 15) is 14.4 Å². The van der Waals surface area contributed by atoms with Crippen molar-refractivity contribution in [2.45, 2.75) is 31.8 Å². The molecule has 1 aliphatic carbocycles. The molecule has 0 aromatic heterocycles. The summed E-state index contributed by atoms with van der Waals surface area (Å²) in [5.74, 6) is 1.10. The van der Waals surface area contributed by atoms with Gasteiger partial charge in [-0.05, 0) is 74.1 Å². The van der Waals surface area contributed by atoms with Crippen LogP contribution in [0.5, 0.6) is 5.75 Å². The van der Waals surface area contributed by atoms with E-state index in [-0.39, 0.29) is 23.7 Å². The molecule has 2 saturated heterocycles. The van der Waals surface area contributed by atoms with Crippen LogP contribution in [0.15, 0.2) is 77.8 Å². The van der Waals surface area contributed by atoms with Crippen LogP contribution in [0.25, 0.3) is 0 Å². The molecular formula is C35H38FN5O4S. The maximum Gasteiger partial charge on any atom is 0.321 e. The van der Waals surface area contributed by atoms with Gasteiger partial charge in [0.05, 0.1) is 18.0 Å². The highest BCUT2D eigenvalue weighted by Crippen LogP contribution is 2.34. The van der Waals surface area contributed by atoms with Gasteiger partial charge in [-0.1, -0.05) is 36.4 Å². The maximum atomic E-state index is 15.2. The van der Waals surface area contributed by atoms with Crippen LogP contribution in [0.4, 0.5) is 20.6 Å². The number of benzodiazepines with no additional fused rings is 1. The summed E-state index contributed by atoms with van der Waals surface area (Å²) in [6, 6.07) is 19.5. The third-order valence-electron chi connectivity index (χ3n) is 8.82. The minimum Gasteiger partial charge on any atom is -0.493 e. The van der Waals surface area contributed by atoms with E-state index in [0.717, 1.165) is 31.4 Å². The fourth-order valence-electron chi connectivity index (χ4n) is 6.49. The van der Waals surface area contributed by atoms with E-state index in [1.165, 1.54) is 11.0 Å². The van der Waals surface area contributed by atoms with Gasteiger partial charge in [0.1, 0.15) is 18.1 Å². The molecule has 3 aromatic carbocycles. The maximum absolute atomic E-state index is 15.2. The van der Waals surface area contributed by atoms with E-state index in [4.69, 9.17) is 4.74 Å². The highest BCUT2D eigenvalue weighted by atomic mass is 32.2. The van der Waals surface area contributed by atoms with Gasteiger partial charge in [0.15, 0.2) is 0 Å². The van der Waals surface area contributed by atoms with E-state index in [1.807, 2.05) is 11.2 Å². The summed E-state index contributed by atoms with van der Waals surface area (Å²) in [6.07, 6.45) is 5.04. The molecular weight excluding hydrogens is 605 g/mol. The Kier molecular flexibility index (Phi) is 9.87. The minimum absolute atomic E-state index is 0.155. The number of fused-ring (bicyclic) bond motifs is 5. The molecule has 1 atom stereocenters. The number of carbonyl (C=O) groups is 3. The SMILES string of the molecule is CSCCOc1cccc(NC(=O)N[C@@H]2N=C(c3ccccc3F)c3ccccc3N(CC(=O)N3CC4CCC(CC4)C3)C2=O)c1. The summed E-state index contributed by atoms with van der Waals surface area (Å²) in [5.41, 5.74) is 1.77. The van der Waals surface area contributed by atoms with Gasteiger partial charge in [-0.15, -0.1) is 0 Å². The number of ether oxygens (including phenoxy) is 1. The first kappa shape index (κ1) is 31.6. The number of hydrogen-bond acceptors (Lipinski definition) is 6. The van der Waals surface area contributed by atoms with Crippen molar-refractivity contribution in [2.75, 3.05) is 48.5 Å². The highest BCUT2D eigenvalue weighted by Gasteiger charge is 2.37. The van der Waals surface area contributed by atoms with Gasteiger partial charge in [-0.3, -0.25) is 14.5 Å². The van der Waals surface area contributed by atoms with Gasteiger partial charge in [-0.2, -0.15) is 11.8 Å². The summed E-state index contributed by atoms with van der Waals surface area (Å²) in [5, 5.41) is 5.43. The summed E-state index contributed by atoms with van der Waals surface area (Å²) in [7, 11) is 0. The molecule has 0 spiro atoms. The molecule has 4 amide bonds. The highest BCUT2D eigenvalue weighted by molar-refractivity contribution is 7.98. The zero-order valence-electron chi connectivity index (χ0n) is 25.8. The quantitative estimate of drug-likeness (QED) is 0.298. The number of thioether (sulfide) groups is 1. The lowest BCUT2D eigenvalue weighted by Crippen LogP contribution is -2.51. The second-order valence-electron chi connectivity index (χ2n) is 12.0. The first-order chi connectivity index (χ1) is 22.4. The summed E-state index contributed by atoms with van der Waals surface area (Å²) in [6.45, 7) is 1.67. The molecule has 3 aromatic rings. The van der Waals surface area contributed by atoms with Crippen LogP contribution in [0, 0.1) is 17.7 Å². The van der Waals surface area contributed by atoms with Gasteiger partial charge in [0.2, 0.25) is 12.1 Å². The molecule has 7 rings (SSSR count). The third kappa shape index (κ3) is 7.20. The molecule has 0 radical (unpaired) electrons. The fraction of sp³-hybridized carbons (Fsp3) is 0.371. The normalized spacial score (nSPS) is 20.7. The fourth-order valence-corrected chi connectivity index (χ4v) is 6.74. The molecule has 3 fully saturated rings. The number of para-hydroxylation sites is 1. The number of urea groups is 1. The summed E-state index contributed by atoms with van der Waals surface area (Å²) >= 11 is 1.67. The lowest BCUT2D eigenvalue weighted by molar-refractivity contribution is -0.132. The Balaban J connectivity index is 1.30. The molecule has 4 aliphatic rings. The van der Waals surface area contributed by atoms with Crippen LogP contribution in [-0.4, -0.2) is 72.9 Å². The molecule has 1 saturated carbocycles. The zero-order valence-corrected chi connectivity index (χ0v) is 26.6. The van der Waals surface area contributed by atoms with Crippen molar-refractivity contribution < 1.29 is 23.5 Å². The molecule has 2 N–H and O–H groups in total. The number of aliphatic imine (C=N–C) groups is 1. The van der Waals surface area contributed by atoms with Gasteiger partial charge in [-0.25, -0.2) is 14.2 Å². The van der Waals surface area contributed by atoms with Gasteiger partial charge in [0, 0.05) is 41.7 Å². The first-order valence-corrected chi connectivity index (χ1v) is 17.1. The minimum atomic E-state index is -1.43. The number of carbonyl (C=O) groups excluding carboxylic acids is 3. The van der Waals surface area contributed by atoms with E-state index in [2.05, 4.69) is 15.6 Å². The predicted octanol–water partition coefficient (Wildman–Crippen LogP) is 5.55. The second-order valence-corrected chi connectivity index (χ2v) is 12.9. The predicted molar refractivity (Wildman–Crippen MR) is 179 cm³/mol. The topological polar surface area (TPSA) is 103 Å². The molecule has 11 heteroatoms.